The zero-order valence-electron chi connectivity index (χ0n) is 20.7. The first-order valence-corrected chi connectivity index (χ1v) is 12.6. The number of carbonyl (C=O) groups is 1. The number of fused-ring (bicyclic) bond motifs is 1. The molecule has 6 rings (SSSR count). The number of amides is 1. The Balaban J connectivity index is 1.25. The minimum atomic E-state index is -0.340. The molecule has 3 heterocycles. The van der Waals surface area contributed by atoms with E-state index in [4.69, 9.17) is 9.72 Å². The molecule has 1 fully saturated rings. The predicted octanol–water partition coefficient (Wildman–Crippen LogP) is 4.95. The molecule has 7 nitrogen and oxygen atoms in total. The number of nitrogens with zero attached hydrogens (tertiary/aromatic N) is 5. The number of aromatic nitrogens is 3. The number of benzene rings is 3. The molecule has 38 heavy (non-hydrogen) atoms. The summed E-state index contributed by atoms with van der Waals surface area (Å²) in [4.78, 5) is 26.2. The molecule has 0 unspecified atom stereocenters. The van der Waals surface area contributed by atoms with Gasteiger partial charge in [-0.2, -0.15) is 0 Å². The van der Waals surface area contributed by atoms with Crippen LogP contribution in [-0.4, -0.2) is 58.1 Å². The molecule has 0 N–H and O–H groups in total. The van der Waals surface area contributed by atoms with E-state index in [9.17, 15) is 9.18 Å². The van der Waals surface area contributed by atoms with Gasteiger partial charge < -0.3 is 19.1 Å². The third-order valence-electron chi connectivity index (χ3n) is 6.79. The summed E-state index contributed by atoms with van der Waals surface area (Å²) in [5.41, 5.74) is 4.02. The average Bonchev–Trinajstić information content (AvgIpc) is 3.38. The van der Waals surface area contributed by atoms with Gasteiger partial charge in [-0.05, 0) is 42.0 Å². The highest BCUT2D eigenvalue weighted by Crippen LogP contribution is 2.37. The summed E-state index contributed by atoms with van der Waals surface area (Å²) in [5, 5.41) is 0.988. The zero-order chi connectivity index (χ0) is 25.9. The van der Waals surface area contributed by atoms with E-state index in [1.807, 2.05) is 36.4 Å². The van der Waals surface area contributed by atoms with E-state index in [2.05, 4.69) is 44.9 Å². The van der Waals surface area contributed by atoms with Crippen LogP contribution in [0.3, 0.4) is 0 Å². The van der Waals surface area contributed by atoms with Crippen LogP contribution in [-0.2, 0) is 4.79 Å². The Morgan fingerprint density at radius 1 is 0.842 bits per heavy atom. The molecule has 1 aliphatic heterocycles. The summed E-state index contributed by atoms with van der Waals surface area (Å²) in [6.45, 7) is 2.30. The summed E-state index contributed by atoms with van der Waals surface area (Å²) in [5.74, 6) is 0.895. The number of anilines is 1. The average molecular weight is 508 g/mol. The van der Waals surface area contributed by atoms with Crippen LogP contribution in [0.1, 0.15) is 0 Å². The third-order valence-corrected chi connectivity index (χ3v) is 6.79. The van der Waals surface area contributed by atoms with E-state index in [0.29, 0.717) is 31.9 Å². The molecule has 0 aliphatic carbocycles. The molecule has 0 saturated carbocycles. The van der Waals surface area contributed by atoms with Crippen molar-refractivity contribution in [1.82, 2.24) is 19.4 Å². The van der Waals surface area contributed by atoms with Gasteiger partial charge in [0.2, 0.25) is 0 Å². The van der Waals surface area contributed by atoms with Crippen LogP contribution in [0.2, 0.25) is 0 Å². The first-order valence-electron chi connectivity index (χ1n) is 12.6. The number of hydrogen-bond donors (Lipinski definition) is 0. The Kier molecular flexibility index (Phi) is 6.44. The third kappa shape index (κ3) is 4.68. The van der Waals surface area contributed by atoms with E-state index in [0.717, 1.165) is 33.7 Å². The molecule has 1 saturated heterocycles. The van der Waals surface area contributed by atoms with Gasteiger partial charge >= 0.3 is 0 Å². The number of para-hydroxylation sites is 1. The van der Waals surface area contributed by atoms with Gasteiger partial charge in [0.1, 0.15) is 23.7 Å². The summed E-state index contributed by atoms with van der Waals surface area (Å²) in [6, 6.07) is 26.1. The fraction of sp³-hybridized carbons (Fsp3) is 0.167. The molecule has 0 atom stereocenters. The molecule has 1 aliphatic rings. The minimum absolute atomic E-state index is 0.0819. The lowest BCUT2D eigenvalue weighted by Gasteiger charge is -2.35. The Bertz CT molecular complexity index is 1550. The summed E-state index contributed by atoms with van der Waals surface area (Å²) >= 11 is 0. The molecule has 190 valence electrons. The molecule has 8 heteroatoms. The van der Waals surface area contributed by atoms with Gasteiger partial charge in [0.25, 0.3) is 5.91 Å². The highest BCUT2D eigenvalue weighted by Gasteiger charge is 2.26. The number of halogens is 1. The number of ether oxygens (including phenoxy) is 1. The fourth-order valence-electron chi connectivity index (χ4n) is 4.84. The van der Waals surface area contributed by atoms with Crippen LogP contribution < -0.4 is 9.64 Å². The van der Waals surface area contributed by atoms with Gasteiger partial charge in [0.15, 0.2) is 12.3 Å². The van der Waals surface area contributed by atoms with Crippen molar-refractivity contribution in [3.05, 3.63) is 103 Å². The molecule has 3 aromatic carbocycles. The number of hydrogen-bond acceptors (Lipinski definition) is 5. The Morgan fingerprint density at radius 2 is 1.53 bits per heavy atom. The lowest BCUT2D eigenvalue weighted by atomic mass is 10.1. The standard InChI is InChI=1S/C30H26FN5O2/c31-23-11-13-25(14-12-23)38-20-27(37)34-15-17-35(18-16-34)29-28-26(22-7-3-1-4-8-22)19-36(30(28)33-21-32-29)24-9-5-2-6-10-24/h1-14,19,21H,15-18,20H2. The second-order valence-electron chi connectivity index (χ2n) is 9.12. The van der Waals surface area contributed by atoms with Gasteiger partial charge in [-0.3, -0.25) is 4.79 Å². The molecule has 5 aromatic rings. The molecule has 1 amide bonds. The van der Waals surface area contributed by atoms with Crippen LogP contribution in [0.15, 0.2) is 97.5 Å². The molecule has 0 spiro atoms. The molecule has 0 radical (unpaired) electrons. The van der Waals surface area contributed by atoms with Crippen LogP contribution in [0.4, 0.5) is 10.2 Å². The van der Waals surface area contributed by atoms with Gasteiger partial charge in [-0.25, -0.2) is 14.4 Å². The van der Waals surface area contributed by atoms with Crippen molar-refractivity contribution < 1.29 is 13.9 Å². The maximum absolute atomic E-state index is 13.1. The highest BCUT2D eigenvalue weighted by molar-refractivity contribution is 6.02. The number of piperazine rings is 1. The van der Waals surface area contributed by atoms with Crippen molar-refractivity contribution in [1.29, 1.82) is 0 Å². The second-order valence-corrected chi connectivity index (χ2v) is 9.12. The number of rotatable bonds is 6. The largest absolute Gasteiger partial charge is 0.484 e. The smallest absolute Gasteiger partial charge is 0.260 e. The Morgan fingerprint density at radius 3 is 2.24 bits per heavy atom. The normalized spacial score (nSPS) is 13.6. The van der Waals surface area contributed by atoms with Crippen molar-refractivity contribution in [2.45, 2.75) is 0 Å². The lowest BCUT2D eigenvalue weighted by Crippen LogP contribution is -2.50. The summed E-state index contributed by atoms with van der Waals surface area (Å²) in [6.07, 6.45) is 3.74. The first kappa shape index (κ1) is 23.7. The highest BCUT2D eigenvalue weighted by atomic mass is 19.1. The molecule has 2 aromatic heterocycles. The topological polar surface area (TPSA) is 63.5 Å². The fourth-order valence-corrected chi connectivity index (χ4v) is 4.84. The van der Waals surface area contributed by atoms with Crippen molar-refractivity contribution >= 4 is 22.8 Å². The Hall–Kier alpha value is -4.72. The molecular weight excluding hydrogens is 481 g/mol. The van der Waals surface area contributed by atoms with Crippen molar-refractivity contribution in [3.8, 4) is 22.6 Å². The maximum atomic E-state index is 13.1. The van der Waals surface area contributed by atoms with E-state index in [-0.39, 0.29) is 18.3 Å². The van der Waals surface area contributed by atoms with Crippen LogP contribution in [0.25, 0.3) is 27.8 Å². The van der Waals surface area contributed by atoms with E-state index < -0.39 is 0 Å². The quantitative estimate of drug-likeness (QED) is 0.325. The van der Waals surface area contributed by atoms with Crippen LogP contribution in [0.5, 0.6) is 5.75 Å². The van der Waals surface area contributed by atoms with Crippen molar-refractivity contribution in [3.63, 3.8) is 0 Å². The van der Waals surface area contributed by atoms with Crippen molar-refractivity contribution in [2.24, 2.45) is 0 Å². The maximum Gasteiger partial charge on any atom is 0.260 e. The van der Waals surface area contributed by atoms with E-state index in [1.165, 1.54) is 24.3 Å². The van der Waals surface area contributed by atoms with E-state index >= 15 is 0 Å². The molecular formula is C30H26FN5O2. The SMILES string of the molecule is O=C(COc1ccc(F)cc1)N1CCN(c2ncnc3c2c(-c2ccccc2)cn3-c2ccccc2)CC1. The summed E-state index contributed by atoms with van der Waals surface area (Å²) < 4.78 is 20.8. The van der Waals surface area contributed by atoms with Gasteiger partial charge in [0, 0.05) is 43.6 Å². The monoisotopic (exact) mass is 507 g/mol. The van der Waals surface area contributed by atoms with Crippen LogP contribution >= 0.6 is 0 Å². The summed E-state index contributed by atoms with van der Waals surface area (Å²) in [7, 11) is 0. The number of carbonyl (C=O) groups excluding carboxylic acids is 1. The minimum Gasteiger partial charge on any atom is -0.484 e. The first-order chi connectivity index (χ1) is 18.7. The zero-order valence-corrected chi connectivity index (χ0v) is 20.7. The predicted molar refractivity (Wildman–Crippen MR) is 145 cm³/mol. The van der Waals surface area contributed by atoms with E-state index in [1.54, 1.807) is 11.2 Å². The lowest BCUT2D eigenvalue weighted by molar-refractivity contribution is -0.133. The van der Waals surface area contributed by atoms with Gasteiger partial charge in [-0.15, -0.1) is 0 Å². The Labute approximate surface area is 219 Å². The molecule has 0 bridgehead atoms. The second kappa shape index (κ2) is 10.3. The van der Waals surface area contributed by atoms with Crippen molar-refractivity contribution in [2.75, 3.05) is 37.7 Å². The van der Waals surface area contributed by atoms with Crippen LogP contribution in [0, 0.1) is 5.82 Å². The van der Waals surface area contributed by atoms with Gasteiger partial charge in [0.05, 0.1) is 5.39 Å². The van der Waals surface area contributed by atoms with Gasteiger partial charge in [-0.1, -0.05) is 48.5 Å².